The SMILES string of the molecule is CC(C)CC(NCCc1cscn1)c1ccccc1. The first-order valence-corrected chi connectivity index (χ1v) is 7.85. The molecule has 0 aliphatic rings. The predicted octanol–water partition coefficient (Wildman–Crippen LogP) is 4.06. The molecular formula is C16H22N2S. The second-order valence-corrected chi connectivity index (χ2v) is 6.00. The number of hydrogen-bond acceptors (Lipinski definition) is 3. The van der Waals surface area contributed by atoms with Crippen molar-refractivity contribution in [1.82, 2.24) is 10.3 Å². The highest BCUT2D eigenvalue weighted by Gasteiger charge is 2.12. The van der Waals surface area contributed by atoms with Crippen LogP contribution < -0.4 is 5.32 Å². The third-order valence-electron chi connectivity index (χ3n) is 3.16. The molecule has 1 heterocycles. The molecule has 0 saturated carbocycles. The van der Waals surface area contributed by atoms with Crippen molar-refractivity contribution in [3.8, 4) is 0 Å². The summed E-state index contributed by atoms with van der Waals surface area (Å²) in [7, 11) is 0. The van der Waals surface area contributed by atoms with E-state index >= 15 is 0 Å². The molecule has 0 aliphatic heterocycles. The highest BCUT2D eigenvalue weighted by molar-refractivity contribution is 7.07. The molecule has 102 valence electrons. The molecule has 0 amide bonds. The summed E-state index contributed by atoms with van der Waals surface area (Å²) >= 11 is 1.67. The molecule has 2 nitrogen and oxygen atoms in total. The lowest BCUT2D eigenvalue weighted by molar-refractivity contribution is 0.431. The lowest BCUT2D eigenvalue weighted by Crippen LogP contribution is -2.25. The molecule has 0 spiro atoms. The topological polar surface area (TPSA) is 24.9 Å². The Morgan fingerprint density at radius 3 is 2.63 bits per heavy atom. The molecule has 1 unspecified atom stereocenters. The average molecular weight is 274 g/mol. The van der Waals surface area contributed by atoms with E-state index in [1.165, 1.54) is 17.7 Å². The molecule has 0 aliphatic carbocycles. The van der Waals surface area contributed by atoms with Crippen LogP contribution in [0.15, 0.2) is 41.2 Å². The van der Waals surface area contributed by atoms with Gasteiger partial charge in [-0.05, 0) is 17.9 Å². The van der Waals surface area contributed by atoms with Gasteiger partial charge in [-0.1, -0.05) is 44.2 Å². The standard InChI is InChI=1S/C16H22N2S/c1-13(2)10-16(14-6-4-3-5-7-14)17-9-8-15-11-19-12-18-15/h3-7,11-13,16-17H,8-10H2,1-2H3. The molecule has 0 saturated heterocycles. The Kier molecular flexibility index (Phi) is 5.55. The number of thiazole rings is 1. The van der Waals surface area contributed by atoms with E-state index in [4.69, 9.17) is 0 Å². The fourth-order valence-corrected chi connectivity index (χ4v) is 2.82. The van der Waals surface area contributed by atoms with Crippen molar-refractivity contribution in [2.24, 2.45) is 5.92 Å². The van der Waals surface area contributed by atoms with Gasteiger partial charge in [0.2, 0.25) is 0 Å². The number of rotatable bonds is 7. The van der Waals surface area contributed by atoms with Gasteiger partial charge >= 0.3 is 0 Å². The van der Waals surface area contributed by atoms with Crippen molar-refractivity contribution in [2.75, 3.05) is 6.54 Å². The maximum absolute atomic E-state index is 4.33. The summed E-state index contributed by atoms with van der Waals surface area (Å²) in [4.78, 5) is 4.33. The molecule has 19 heavy (non-hydrogen) atoms. The van der Waals surface area contributed by atoms with Gasteiger partial charge in [-0.15, -0.1) is 11.3 Å². The molecular weight excluding hydrogens is 252 g/mol. The Bertz CT molecular complexity index is 451. The molecule has 0 radical (unpaired) electrons. The van der Waals surface area contributed by atoms with E-state index in [-0.39, 0.29) is 0 Å². The van der Waals surface area contributed by atoms with Crippen LogP contribution in [0.2, 0.25) is 0 Å². The molecule has 3 heteroatoms. The van der Waals surface area contributed by atoms with Crippen molar-refractivity contribution in [2.45, 2.75) is 32.7 Å². The van der Waals surface area contributed by atoms with Gasteiger partial charge in [-0.25, -0.2) is 4.98 Å². The summed E-state index contributed by atoms with van der Waals surface area (Å²) in [5.74, 6) is 0.692. The zero-order valence-electron chi connectivity index (χ0n) is 11.7. The molecule has 1 aromatic carbocycles. The van der Waals surface area contributed by atoms with E-state index in [0.717, 1.165) is 13.0 Å². The van der Waals surface area contributed by atoms with Crippen molar-refractivity contribution in [3.63, 3.8) is 0 Å². The minimum atomic E-state index is 0.444. The Labute approximate surface area is 119 Å². The van der Waals surface area contributed by atoms with Gasteiger partial charge in [-0.2, -0.15) is 0 Å². The van der Waals surface area contributed by atoms with Crippen molar-refractivity contribution < 1.29 is 0 Å². The van der Waals surface area contributed by atoms with Gasteiger partial charge in [0.1, 0.15) is 0 Å². The van der Waals surface area contributed by atoms with E-state index in [1.54, 1.807) is 11.3 Å². The minimum absolute atomic E-state index is 0.444. The quantitative estimate of drug-likeness (QED) is 0.823. The largest absolute Gasteiger partial charge is 0.310 e. The Morgan fingerprint density at radius 1 is 1.21 bits per heavy atom. The fraction of sp³-hybridized carbons (Fsp3) is 0.438. The van der Waals surface area contributed by atoms with Crippen LogP contribution in [0.4, 0.5) is 0 Å². The first kappa shape index (κ1) is 14.2. The lowest BCUT2D eigenvalue weighted by atomic mass is 9.97. The van der Waals surface area contributed by atoms with Crippen molar-refractivity contribution in [1.29, 1.82) is 0 Å². The third kappa shape index (κ3) is 4.77. The number of hydrogen-bond donors (Lipinski definition) is 1. The summed E-state index contributed by atoms with van der Waals surface area (Å²) in [6, 6.07) is 11.2. The zero-order valence-corrected chi connectivity index (χ0v) is 12.5. The number of benzene rings is 1. The first-order chi connectivity index (χ1) is 9.25. The van der Waals surface area contributed by atoms with E-state index in [2.05, 4.69) is 59.9 Å². The number of nitrogens with zero attached hydrogens (tertiary/aromatic N) is 1. The van der Waals surface area contributed by atoms with Gasteiger partial charge in [0, 0.05) is 24.4 Å². The van der Waals surface area contributed by atoms with Crippen molar-refractivity contribution >= 4 is 11.3 Å². The second-order valence-electron chi connectivity index (χ2n) is 5.28. The Hall–Kier alpha value is -1.19. The molecule has 0 bridgehead atoms. The Balaban J connectivity index is 1.91. The molecule has 1 aromatic heterocycles. The average Bonchev–Trinajstić information content (AvgIpc) is 2.91. The zero-order chi connectivity index (χ0) is 13.5. The van der Waals surface area contributed by atoms with Crippen LogP contribution in [0, 0.1) is 5.92 Å². The van der Waals surface area contributed by atoms with Crippen LogP contribution in [0.5, 0.6) is 0 Å². The maximum atomic E-state index is 4.33. The summed E-state index contributed by atoms with van der Waals surface area (Å²) in [6.45, 7) is 5.53. The van der Waals surface area contributed by atoms with Crippen LogP contribution in [0.3, 0.4) is 0 Å². The highest BCUT2D eigenvalue weighted by atomic mass is 32.1. The van der Waals surface area contributed by atoms with Crippen molar-refractivity contribution in [3.05, 3.63) is 52.5 Å². The summed E-state index contributed by atoms with van der Waals surface area (Å²) in [5, 5.41) is 5.80. The van der Waals surface area contributed by atoms with Crippen LogP contribution in [0.1, 0.15) is 37.6 Å². The normalized spacial score (nSPS) is 12.8. The second kappa shape index (κ2) is 7.41. The molecule has 2 rings (SSSR count). The maximum Gasteiger partial charge on any atom is 0.0794 e. The molecule has 1 N–H and O–H groups in total. The smallest absolute Gasteiger partial charge is 0.0794 e. The van der Waals surface area contributed by atoms with E-state index in [0.29, 0.717) is 12.0 Å². The van der Waals surface area contributed by atoms with Gasteiger partial charge in [-0.3, -0.25) is 0 Å². The van der Waals surface area contributed by atoms with Crippen LogP contribution in [-0.4, -0.2) is 11.5 Å². The molecule has 0 fully saturated rings. The van der Waals surface area contributed by atoms with Gasteiger partial charge in [0.25, 0.3) is 0 Å². The Morgan fingerprint density at radius 2 is 2.00 bits per heavy atom. The minimum Gasteiger partial charge on any atom is -0.310 e. The van der Waals surface area contributed by atoms with Crippen LogP contribution >= 0.6 is 11.3 Å². The van der Waals surface area contributed by atoms with Crippen LogP contribution in [0.25, 0.3) is 0 Å². The number of nitrogens with one attached hydrogen (secondary N) is 1. The monoisotopic (exact) mass is 274 g/mol. The number of aromatic nitrogens is 1. The molecule has 2 aromatic rings. The van der Waals surface area contributed by atoms with Gasteiger partial charge in [0.15, 0.2) is 0 Å². The van der Waals surface area contributed by atoms with E-state index < -0.39 is 0 Å². The summed E-state index contributed by atoms with van der Waals surface area (Å²) in [5.41, 5.74) is 4.47. The van der Waals surface area contributed by atoms with Gasteiger partial charge in [0.05, 0.1) is 11.2 Å². The third-order valence-corrected chi connectivity index (χ3v) is 3.80. The van der Waals surface area contributed by atoms with E-state index in [9.17, 15) is 0 Å². The van der Waals surface area contributed by atoms with E-state index in [1.807, 2.05) is 5.51 Å². The fourth-order valence-electron chi connectivity index (χ4n) is 2.23. The molecule has 1 atom stereocenters. The summed E-state index contributed by atoms with van der Waals surface area (Å²) < 4.78 is 0. The summed E-state index contributed by atoms with van der Waals surface area (Å²) in [6.07, 6.45) is 2.17. The van der Waals surface area contributed by atoms with Crippen LogP contribution in [-0.2, 0) is 6.42 Å². The lowest BCUT2D eigenvalue weighted by Gasteiger charge is -2.21. The van der Waals surface area contributed by atoms with Gasteiger partial charge < -0.3 is 5.32 Å². The predicted molar refractivity (Wildman–Crippen MR) is 82.5 cm³/mol. The first-order valence-electron chi connectivity index (χ1n) is 6.91. The highest BCUT2D eigenvalue weighted by Crippen LogP contribution is 2.20.